The molecule has 0 spiro atoms. The zero-order chi connectivity index (χ0) is 28.4. The van der Waals surface area contributed by atoms with Crippen molar-refractivity contribution in [2.45, 2.75) is 45.4 Å². The monoisotopic (exact) mass is 566 g/mol. The number of ether oxygens (including phenoxy) is 3. The highest BCUT2D eigenvalue weighted by Crippen LogP contribution is 2.46. The van der Waals surface area contributed by atoms with Gasteiger partial charge in [0.25, 0.3) is 5.91 Å². The maximum Gasteiger partial charge on any atom is 0.425 e. The van der Waals surface area contributed by atoms with Crippen LogP contribution in [0.25, 0.3) is 5.57 Å². The summed E-state index contributed by atoms with van der Waals surface area (Å²) in [7, 11) is 0. The quantitative estimate of drug-likeness (QED) is 0.429. The minimum absolute atomic E-state index is 0.0763. The van der Waals surface area contributed by atoms with Gasteiger partial charge in [-0.25, -0.2) is 4.79 Å². The van der Waals surface area contributed by atoms with Crippen LogP contribution in [0, 0.1) is 0 Å². The Kier molecular flexibility index (Phi) is 8.72. The molecule has 0 bridgehead atoms. The van der Waals surface area contributed by atoms with Crippen LogP contribution in [0.5, 0.6) is 5.75 Å². The summed E-state index contributed by atoms with van der Waals surface area (Å²) in [5.74, 6) is -0.545. The van der Waals surface area contributed by atoms with Crippen molar-refractivity contribution in [3.63, 3.8) is 0 Å². The van der Waals surface area contributed by atoms with Crippen molar-refractivity contribution in [1.29, 1.82) is 0 Å². The first kappa shape index (κ1) is 29.1. The number of halogens is 3. The number of thiophene rings is 1. The van der Waals surface area contributed by atoms with Crippen molar-refractivity contribution < 1.29 is 37.0 Å². The minimum atomic E-state index is -4.55. The van der Waals surface area contributed by atoms with Crippen LogP contribution >= 0.6 is 11.3 Å². The van der Waals surface area contributed by atoms with E-state index in [4.69, 9.17) is 14.2 Å². The van der Waals surface area contributed by atoms with E-state index in [-0.39, 0.29) is 23.6 Å². The SMILES string of the molecule is CC(C)OC(=O)C1=CN(C(=O)c2ccc(OCCN3CCOCC3)cc2)CC(C)(C)c2sc(C(F)(F)F)cc21. The number of fused-ring (bicyclic) bond motifs is 1. The lowest BCUT2D eigenvalue weighted by Crippen LogP contribution is -2.38. The first-order valence-electron chi connectivity index (χ1n) is 12.8. The maximum absolute atomic E-state index is 13.6. The van der Waals surface area contributed by atoms with E-state index in [1.807, 2.05) is 0 Å². The molecule has 0 atom stereocenters. The number of nitrogens with zero attached hydrogens (tertiary/aromatic N) is 2. The van der Waals surface area contributed by atoms with E-state index in [0.717, 1.165) is 25.7 Å². The maximum atomic E-state index is 13.6. The first-order valence-corrected chi connectivity index (χ1v) is 13.7. The number of rotatable bonds is 7. The Morgan fingerprint density at radius 2 is 1.79 bits per heavy atom. The number of alkyl halides is 3. The van der Waals surface area contributed by atoms with Crippen LogP contribution in [-0.2, 0) is 25.9 Å². The highest BCUT2D eigenvalue weighted by atomic mass is 32.1. The molecule has 0 radical (unpaired) electrons. The van der Waals surface area contributed by atoms with Gasteiger partial charge in [-0.15, -0.1) is 11.3 Å². The number of esters is 1. The number of amides is 1. The molecule has 4 rings (SSSR count). The van der Waals surface area contributed by atoms with E-state index < -0.39 is 28.5 Å². The second-order valence-electron chi connectivity index (χ2n) is 10.5. The molecule has 2 aliphatic rings. The molecule has 2 aliphatic heterocycles. The lowest BCUT2D eigenvalue weighted by molar-refractivity contribution is -0.140. The Bertz CT molecular complexity index is 1210. The van der Waals surface area contributed by atoms with Gasteiger partial charge in [-0.2, -0.15) is 13.2 Å². The van der Waals surface area contributed by atoms with Crippen LogP contribution in [-0.4, -0.2) is 73.8 Å². The van der Waals surface area contributed by atoms with Crippen LogP contribution in [0.4, 0.5) is 13.2 Å². The van der Waals surface area contributed by atoms with Crippen molar-refractivity contribution in [2.75, 3.05) is 46.0 Å². The molecule has 39 heavy (non-hydrogen) atoms. The molecule has 11 heteroatoms. The molecule has 1 aromatic carbocycles. The summed E-state index contributed by atoms with van der Waals surface area (Å²) in [6.45, 7) is 11.3. The molecule has 1 aromatic heterocycles. The fraction of sp³-hybridized carbons (Fsp3) is 0.500. The van der Waals surface area contributed by atoms with Gasteiger partial charge in [0, 0.05) is 53.8 Å². The molecule has 212 valence electrons. The first-order chi connectivity index (χ1) is 18.3. The predicted molar refractivity (Wildman–Crippen MR) is 142 cm³/mol. The summed E-state index contributed by atoms with van der Waals surface area (Å²) in [6, 6.07) is 7.68. The highest BCUT2D eigenvalue weighted by Gasteiger charge is 2.41. The molecule has 0 N–H and O–H groups in total. The number of carbonyl (C=O) groups is 2. The Morgan fingerprint density at radius 3 is 2.41 bits per heavy atom. The van der Waals surface area contributed by atoms with Crippen molar-refractivity contribution in [1.82, 2.24) is 9.80 Å². The van der Waals surface area contributed by atoms with E-state index in [9.17, 15) is 22.8 Å². The van der Waals surface area contributed by atoms with Gasteiger partial charge >= 0.3 is 12.1 Å². The summed E-state index contributed by atoms with van der Waals surface area (Å²) in [5, 5.41) is 0. The topological polar surface area (TPSA) is 68.3 Å². The number of benzene rings is 1. The van der Waals surface area contributed by atoms with Crippen molar-refractivity contribution in [2.24, 2.45) is 0 Å². The van der Waals surface area contributed by atoms with Crippen LogP contribution in [0.1, 0.15) is 53.4 Å². The molecule has 2 aromatic rings. The zero-order valence-corrected chi connectivity index (χ0v) is 23.3. The molecule has 0 aliphatic carbocycles. The second kappa shape index (κ2) is 11.7. The van der Waals surface area contributed by atoms with E-state index in [1.54, 1.807) is 52.0 Å². The average molecular weight is 567 g/mol. The Balaban J connectivity index is 1.57. The smallest absolute Gasteiger partial charge is 0.425 e. The van der Waals surface area contributed by atoms with Gasteiger partial charge in [-0.3, -0.25) is 9.69 Å². The largest absolute Gasteiger partial charge is 0.492 e. The lowest BCUT2D eigenvalue weighted by atomic mass is 9.88. The molecule has 1 saturated heterocycles. The fourth-order valence-electron chi connectivity index (χ4n) is 4.55. The third-order valence-electron chi connectivity index (χ3n) is 6.47. The molecule has 0 saturated carbocycles. The van der Waals surface area contributed by atoms with E-state index in [1.165, 1.54) is 11.1 Å². The van der Waals surface area contributed by atoms with Crippen LogP contribution < -0.4 is 4.74 Å². The van der Waals surface area contributed by atoms with Gasteiger partial charge in [-0.05, 0) is 44.2 Å². The van der Waals surface area contributed by atoms with Gasteiger partial charge in [-0.1, -0.05) is 13.8 Å². The van der Waals surface area contributed by atoms with Crippen LogP contribution in [0.2, 0.25) is 0 Å². The van der Waals surface area contributed by atoms with Gasteiger partial charge < -0.3 is 19.1 Å². The van der Waals surface area contributed by atoms with Crippen molar-refractivity contribution in [3.8, 4) is 5.75 Å². The third kappa shape index (κ3) is 7.01. The highest BCUT2D eigenvalue weighted by molar-refractivity contribution is 7.12. The summed E-state index contributed by atoms with van der Waals surface area (Å²) >= 11 is 0.593. The van der Waals surface area contributed by atoms with Gasteiger partial charge in [0.05, 0.1) is 24.9 Å². The van der Waals surface area contributed by atoms with E-state index >= 15 is 0 Å². The second-order valence-corrected chi connectivity index (χ2v) is 11.5. The Hall–Kier alpha value is -2.89. The molecule has 0 unspecified atom stereocenters. The minimum Gasteiger partial charge on any atom is -0.492 e. The summed E-state index contributed by atoms with van der Waals surface area (Å²) in [4.78, 5) is 29.8. The summed E-state index contributed by atoms with van der Waals surface area (Å²) in [5.41, 5.74) is -0.437. The fourth-order valence-corrected chi connectivity index (χ4v) is 5.68. The van der Waals surface area contributed by atoms with Crippen LogP contribution in [0.3, 0.4) is 0 Å². The van der Waals surface area contributed by atoms with Crippen LogP contribution in [0.15, 0.2) is 36.5 Å². The Labute approximate surface area is 230 Å². The molecular weight excluding hydrogens is 533 g/mol. The molecule has 3 heterocycles. The van der Waals surface area contributed by atoms with Crippen molar-refractivity contribution in [3.05, 3.63) is 57.4 Å². The molecule has 1 amide bonds. The molecule has 7 nitrogen and oxygen atoms in total. The van der Waals surface area contributed by atoms with Gasteiger partial charge in [0.1, 0.15) is 17.2 Å². The molecular formula is C28H33F3N2O5S. The zero-order valence-electron chi connectivity index (χ0n) is 22.5. The average Bonchev–Trinajstić information content (AvgIpc) is 3.30. The lowest BCUT2D eigenvalue weighted by Gasteiger charge is -2.29. The third-order valence-corrected chi connectivity index (χ3v) is 8.02. The number of hydrogen-bond donors (Lipinski definition) is 0. The van der Waals surface area contributed by atoms with Crippen molar-refractivity contribution >= 4 is 28.8 Å². The van der Waals surface area contributed by atoms with Gasteiger partial charge in [0.2, 0.25) is 0 Å². The van der Waals surface area contributed by atoms with E-state index in [0.29, 0.717) is 47.3 Å². The number of hydrogen-bond acceptors (Lipinski definition) is 7. The number of carbonyl (C=O) groups excluding carboxylic acids is 2. The number of morpholine rings is 1. The summed E-state index contributed by atoms with van der Waals surface area (Å²) in [6.07, 6.45) is -3.72. The standard InChI is InChI=1S/C28H33F3N2O5S/c1-18(2)38-26(35)22-16-33(17-27(3,4)24-21(22)15-23(39-24)28(29,30)31)25(34)19-5-7-20(8-6-19)37-14-11-32-9-12-36-13-10-32/h5-8,15-16,18H,9-14,17H2,1-4H3. The van der Waals surface area contributed by atoms with Gasteiger partial charge in [0.15, 0.2) is 0 Å². The van der Waals surface area contributed by atoms with E-state index in [2.05, 4.69) is 4.90 Å². The summed E-state index contributed by atoms with van der Waals surface area (Å²) < 4.78 is 57.3. The normalized spacial score (nSPS) is 17.8. The molecule has 1 fully saturated rings. The predicted octanol–water partition coefficient (Wildman–Crippen LogP) is 5.20. The Morgan fingerprint density at radius 1 is 1.13 bits per heavy atom.